The van der Waals surface area contributed by atoms with E-state index in [1.807, 2.05) is 47.9 Å². The molecule has 0 saturated carbocycles. The van der Waals surface area contributed by atoms with Crippen LogP contribution in [0, 0.1) is 12.8 Å². The van der Waals surface area contributed by atoms with E-state index < -0.39 is 0 Å². The van der Waals surface area contributed by atoms with Gasteiger partial charge in [-0.3, -0.25) is 9.36 Å². The molecule has 0 aliphatic heterocycles. The summed E-state index contributed by atoms with van der Waals surface area (Å²) in [5.74, 6) is 1.47. The van der Waals surface area contributed by atoms with Crippen molar-refractivity contribution < 1.29 is 4.79 Å². The van der Waals surface area contributed by atoms with Gasteiger partial charge in [-0.05, 0) is 44.0 Å². The van der Waals surface area contributed by atoms with Crippen LogP contribution in [0.2, 0.25) is 5.02 Å². The summed E-state index contributed by atoms with van der Waals surface area (Å²) in [6, 6.07) is 15.9. The lowest BCUT2D eigenvalue weighted by Crippen LogP contribution is -2.36. The van der Waals surface area contributed by atoms with Crippen molar-refractivity contribution >= 4 is 40.6 Å². The summed E-state index contributed by atoms with van der Waals surface area (Å²) in [7, 11) is 0. The molecule has 0 saturated heterocycles. The summed E-state index contributed by atoms with van der Waals surface area (Å²) >= 11 is 9.48. The summed E-state index contributed by atoms with van der Waals surface area (Å²) in [6.45, 7) is 8.21. The lowest BCUT2D eigenvalue weighted by molar-refractivity contribution is 0.0926. The number of nitrogens with one attached hydrogen (secondary N) is 1. The fourth-order valence-electron chi connectivity index (χ4n) is 3.16. The summed E-state index contributed by atoms with van der Waals surface area (Å²) in [6.07, 6.45) is 0. The molecule has 1 unspecified atom stereocenters. The van der Waals surface area contributed by atoms with Gasteiger partial charge >= 0.3 is 0 Å². The molecule has 0 spiro atoms. The third kappa shape index (κ3) is 5.51. The second kappa shape index (κ2) is 10.7. The van der Waals surface area contributed by atoms with Crippen LogP contribution in [0.5, 0.6) is 0 Å². The van der Waals surface area contributed by atoms with Crippen molar-refractivity contribution in [1.82, 2.24) is 25.1 Å². The minimum Gasteiger partial charge on any atom is -0.348 e. The van der Waals surface area contributed by atoms with E-state index >= 15 is 0 Å². The minimum atomic E-state index is -0.141. The van der Waals surface area contributed by atoms with Gasteiger partial charge in [-0.2, -0.15) is 0 Å². The molecule has 1 amide bonds. The third-order valence-electron chi connectivity index (χ3n) is 5.51. The molecule has 0 bridgehead atoms. The Morgan fingerprint density at radius 1 is 1.12 bits per heavy atom. The fraction of sp³-hybridized carbons (Fsp3) is 0.280. The number of carbonyl (C=O) groups excluding carboxylic acids is 1. The topological polar surface area (TPSA) is 72.7 Å². The molecule has 9 heteroatoms. The minimum absolute atomic E-state index is 0.0864. The number of hydrogen-bond acceptors (Lipinski definition) is 6. The van der Waals surface area contributed by atoms with Crippen molar-refractivity contribution in [3.05, 3.63) is 75.2 Å². The van der Waals surface area contributed by atoms with E-state index in [2.05, 4.69) is 53.4 Å². The molecule has 0 fully saturated rings. The highest BCUT2D eigenvalue weighted by Crippen LogP contribution is 2.33. The Bertz CT molecular complexity index is 1280. The van der Waals surface area contributed by atoms with Crippen LogP contribution in [0.3, 0.4) is 0 Å². The second-order valence-corrected chi connectivity index (χ2v) is 10.7. The first-order valence-electron chi connectivity index (χ1n) is 11.0. The van der Waals surface area contributed by atoms with Crippen LogP contribution < -0.4 is 5.32 Å². The summed E-state index contributed by atoms with van der Waals surface area (Å²) in [5.41, 5.74) is 3.39. The number of carbonyl (C=O) groups is 1. The smallest absolute Gasteiger partial charge is 0.270 e. The fourth-order valence-corrected chi connectivity index (χ4v) is 5.13. The number of benzene rings is 2. The third-order valence-corrected chi connectivity index (χ3v) is 7.81. The number of aryl methyl sites for hydroxylation is 1. The first-order chi connectivity index (χ1) is 16.3. The zero-order valence-electron chi connectivity index (χ0n) is 19.4. The Labute approximate surface area is 212 Å². The average molecular weight is 512 g/mol. The Balaban J connectivity index is 1.58. The first kappa shape index (κ1) is 24.4. The van der Waals surface area contributed by atoms with Crippen LogP contribution in [0.25, 0.3) is 17.1 Å². The summed E-state index contributed by atoms with van der Waals surface area (Å²) in [5, 5.41) is 15.9. The Morgan fingerprint density at radius 2 is 1.85 bits per heavy atom. The maximum atomic E-state index is 12.5. The van der Waals surface area contributed by atoms with Gasteiger partial charge in [0.2, 0.25) is 0 Å². The number of rotatable bonds is 8. The predicted octanol–water partition coefficient (Wildman–Crippen LogP) is 6.42. The van der Waals surface area contributed by atoms with Gasteiger partial charge in [0.15, 0.2) is 11.0 Å². The molecular weight excluding hydrogens is 486 g/mol. The van der Waals surface area contributed by atoms with Crippen molar-refractivity contribution in [2.75, 3.05) is 0 Å². The van der Waals surface area contributed by atoms with Crippen molar-refractivity contribution in [1.29, 1.82) is 0 Å². The molecule has 0 aliphatic carbocycles. The van der Waals surface area contributed by atoms with Crippen molar-refractivity contribution in [3.63, 3.8) is 0 Å². The van der Waals surface area contributed by atoms with Gasteiger partial charge in [0, 0.05) is 22.7 Å². The number of nitrogens with zero attached hydrogens (tertiary/aromatic N) is 4. The van der Waals surface area contributed by atoms with Crippen LogP contribution in [0.1, 0.15) is 41.8 Å². The van der Waals surface area contributed by atoms with Gasteiger partial charge in [-0.25, -0.2) is 4.98 Å². The van der Waals surface area contributed by atoms with Crippen molar-refractivity contribution in [3.8, 4) is 17.1 Å². The molecule has 176 valence electrons. The van der Waals surface area contributed by atoms with E-state index in [-0.39, 0.29) is 11.9 Å². The lowest BCUT2D eigenvalue weighted by Gasteiger charge is -2.16. The maximum absolute atomic E-state index is 12.5. The van der Waals surface area contributed by atoms with Crippen LogP contribution >= 0.6 is 34.7 Å². The van der Waals surface area contributed by atoms with E-state index in [9.17, 15) is 4.79 Å². The standard InChI is InChI=1S/C25H26ClN5OS2/c1-15(2)17(4)27-24(32)21-13-33-22(28-21)14-34-25-30-29-23(19-7-5-6-8-20(19)26)31(25)18-11-9-16(3)10-12-18/h5-13,15,17H,14H2,1-4H3,(H,27,32). The highest BCUT2D eigenvalue weighted by molar-refractivity contribution is 7.98. The molecular formula is C25H26ClN5OS2. The van der Waals surface area contributed by atoms with Crippen LogP contribution in [-0.2, 0) is 5.75 Å². The van der Waals surface area contributed by atoms with Crippen molar-refractivity contribution in [2.45, 2.75) is 44.6 Å². The molecule has 1 atom stereocenters. The average Bonchev–Trinajstić information content (AvgIpc) is 3.46. The Kier molecular flexibility index (Phi) is 7.70. The molecule has 2 aromatic carbocycles. The molecule has 1 N–H and O–H groups in total. The van der Waals surface area contributed by atoms with Crippen LogP contribution in [0.4, 0.5) is 0 Å². The SMILES string of the molecule is Cc1ccc(-n2c(SCc3nc(C(=O)NC(C)C(C)C)cs3)nnc2-c2ccccc2Cl)cc1. The highest BCUT2D eigenvalue weighted by Gasteiger charge is 2.20. The molecule has 6 nitrogen and oxygen atoms in total. The van der Waals surface area contributed by atoms with Gasteiger partial charge in [0.1, 0.15) is 10.7 Å². The normalized spacial score (nSPS) is 12.2. The molecule has 2 heterocycles. The highest BCUT2D eigenvalue weighted by atomic mass is 35.5. The molecule has 2 aromatic heterocycles. The lowest BCUT2D eigenvalue weighted by atomic mass is 10.1. The molecule has 0 aliphatic rings. The zero-order valence-corrected chi connectivity index (χ0v) is 21.8. The summed E-state index contributed by atoms with van der Waals surface area (Å²) in [4.78, 5) is 17.0. The zero-order chi connectivity index (χ0) is 24.2. The van der Waals surface area contributed by atoms with Gasteiger partial charge in [0.05, 0.1) is 10.8 Å². The van der Waals surface area contributed by atoms with Crippen LogP contribution in [0.15, 0.2) is 59.1 Å². The quantitative estimate of drug-likeness (QED) is 0.276. The van der Waals surface area contributed by atoms with E-state index in [0.717, 1.165) is 21.4 Å². The summed E-state index contributed by atoms with van der Waals surface area (Å²) < 4.78 is 2.01. The molecule has 4 aromatic rings. The predicted molar refractivity (Wildman–Crippen MR) is 140 cm³/mol. The van der Waals surface area contributed by atoms with Gasteiger partial charge < -0.3 is 5.32 Å². The largest absolute Gasteiger partial charge is 0.348 e. The number of hydrogen-bond donors (Lipinski definition) is 1. The Morgan fingerprint density at radius 3 is 2.56 bits per heavy atom. The van der Waals surface area contributed by atoms with E-state index in [4.69, 9.17) is 11.6 Å². The molecule has 34 heavy (non-hydrogen) atoms. The number of thiazole rings is 1. The molecule has 0 radical (unpaired) electrons. The number of amides is 1. The number of halogens is 1. The van der Waals surface area contributed by atoms with E-state index in [0.29, 0.717) is 28.2 Å². The Hall–Kier alpha value is -2.68. The molecule has 4 rings (SSSR count). The number of aromatic nitrogens is 4. The van der Waals surface area contributed by atoms with Gasteiger partial charge in [-0.15, -0.1) is 21.5 Å². The van der Waals surface area contributed by atoms with Crippen LogP contribution in [-0.4, -0.2) is 31.7 Å². The first-order valence-corrected chi connectivity index (χ1v) is 13.2. The van der Waals surface area contributed by atoms with E-state index in [1.54, 1.807) is 5.38 Å². The van der Waals surface area contributed by atoms with Crippen molar-refractivity contribution in [2.24, 2.45) is 5.92 Å². The monoisotopic (exact) mass is 511 g/mol. The van der Waals surface area contributed by atoms with Gasteiger partial charge in [0.25, 0.3) is 5.91 Å². The number of thioether (sulfide) groups is 1. The maximum Gasteiger partial charge on any atom is 0.270 e. The second-order valence-electron chi connectivity index (χ2n) is 8.38. The van der Waals surface area contributed by atoms with Gasteiger partial charge in [-0.1, -0.05) is 67.0 Å². The van der Waals surface area contributed by atoms with E-state index in [1.165, 1.54) is 28.7 Å².